The molecule has 1 aromatic rings. The molecule has 0 aliphatic carbocycles. The lowest BCUT2D eigenvalue weighted by molar-refractivity contribution is -0.154. The molecule has 0 bridgehead atoms. The van der Waals surface area contributed by atoms with Gasteiger partial charge in [-0.15, -0.1) is 0 Å². The molecule has 5 heteroatoms. The number of aliphatic carboxylic acids is 1. The third kappa shape index (κ3) is 2.64. The van der Waals surface area contributed by atoms with Crippen LogP contribution >= 0.6 is 0 Å². The molecule has 1 fully saturated rings. The number of hydrogen-bond acceptors (Lipinski definition) is 4. The Bertz CT molecular complexity index is 487. The number of aliphatic hydroxyl groups is 1. The van der Waals surface area contributed by atoms with Crippen molar-refractivity contribution in [2.24, 2.45) is 5.41 Å². The maximum Gasteiger partial charge on any atom is 0.312 e. The third-order valence-electron chi connectivity index (χ3n) is 4.16. The topological polar surface area (TPSA) is 76.0 Å². The minimum absolute atomic E-state index is 0.136. The Kier molecular flexibility index (Phi) is 4.30. The smallest absolute Gasteiger partial charge is 0.312 e. The molecular weight excluding hydrogens is 260 g/mol. The number of carboxylic acids is 1. The van der Waals surface area contributed by atoms with Gasteiger partial charge in [-0.3, -0.25) is 4.79 Å². The van der Waals surface area contributed by atoms with Gasteiger partial charge in [0.15, 0.2) is 0 Å². The summed E-state index contributed by atoms with van der Waals surface area (Å²) in [6.07, 6.45) is -0.702. The summed E-state index contributed by atoms with van der Waals surface area (Å²) in [4.78, 5) is 11.6. The van der Waals surface area contributed by atoms with E-state index < -0.39 is 23.6 Å². The highest BCUT2D eigenvalue weighted by Crippen LogP contribution is 2.42. The molecule has 5 nitrogen and oxygen atoms in total. The maximum absolute atomic E-state index is 11.6. The van der Waals surface area contributed by atoms with Crippen molar-refractivity contribution >= 4 is 5.97 Å². The molecular formula is C15H20O5. The lowest BCUT2D eigenvalue weighted by atomic mass is 9.76. The minimum Gasteiger partial charge on any atom is -0.497 e. The Morgan fingerprint density at radius 1 is 1.60 bits per heavy atom. The van der Waals surface area contributed by atoms with Crippen LogP contribution in [-0.2, 0) is 9.53 Å². The molecule has 3 unspecified atom stereocenters. The Morgan fingerprint density at radius 2 is 2.35 bits per heavy atom. The van der Waals surface area contributed by atoms with Gasteiger partial charge in [0.25, 0.3) is 0 Å². The molecule has 110 valence electrons. The van der Waals surface area contributed by atoms with Crippen LogP contribution in [0, 0.1) is 5.41 Å². The molecule has 2 rings (SSSR count). The van der Waals surface area contributed by atoms with Gasteiger partial charge in [0.05, 0.1) is 24.7 Å². The van der Waals surface area contributed by atoms with E-state index in [2.05, 4.69) is 0 Å². The molecule has 0 spiro atoms. The van der Waals surface area contributed by atoms with Crippen molar-refractivity contribution in [2.75, 3.05) is 13.7 Å². The quantitative estimate of drug-likeness (QED) is 0.862. The molecule has 1 heterocycles. The monoisotopic (exact) mass is 280 g/mol. The van der Waals surface area contributed by atoms with Crippen LogP contribution in [0.1, 0.15) is 31.4 Å². The van der Waals surface area contributed by atoms with Crippen molar-refractivity contribution in [1.29, 1.82) is 0 Å². The van der Waals surface area contributed by atoms with E-state index in [1.807, 2.05) is 0 Å². The van der Waals surface area contributed by atoms with Crippen LogP contribution in [0.15, 0.2) is 24.3 Å². The van der Waals surface area contributed by atoms with Crippen molar-refractivity contribution in [3.8, 4) is 5.75 Å². The Balaban J connectivity index is 2.20. The highest BCUT2D eigenvalue weighted by atomic mass is 16.5. The number of carbonyl (C=O) groups is 1. The fourth-order valence-corrected chi connectivity index (χ4v) is 2.73. The number of methoxy groups -OCH3 is 1. The Morgan fingerprint density at radius 3 is 2.90 bits per heavy atom. The fourth-order valence-electron chi connectivity index (χ4n) is 2.73. The zero-order valence-corrected chi connectivity index (χ0v) is 11.7. The van der Waals surface area contributed by atoms with Crippen molar-refractivity contribution in [2.45, 2.75) is 32.0 Å². The maximum atomic E-state index is 11.6. The van der Waals surface area contributed by atoms with Crippen molar-refractivity contribution in [3.05, 3.63) is 29.8 Å². The van der Waals surface area contributed by atoms with Crippen LogP contribution in [0.25, 0.3) is 0 Å². The summed E-state index contributed by atoms with van der Waals surface area (Å²) >= 11 is 0. The molecule has 1 aromatic carbocycles. The molecule has 2 N–H and O–H groups in total. The molecule has 0 radical (unpaired) electrons. The van der Waals surface area contributed by atoms with Crippen LogP contribution in [0.5, 0.6) is 5.75 Å². The van der Waals surface area contributed by atoms with Crippen LogP contribution in [-0.4, -0.2) is 36.0 Å². The van der Waals surface area contributed by atoms with E-state index in [0.717, 1.165) is 0 Å². The van der Waals surface area contributed by atoms with E-state index in [9.17, 15) is 15.0 Å². The van der Waals surface area contributed by atoms with E-state index in [-0.39, 0.29) is 6.42 Å². The molecule has 0 aromatic heterocycles. The average molecular weight is 280 g/mol. The van der Waals surface area contributed by atoms with Crippen molar-refractivity contribution < 1.29 is 24.5 Å². The number of carboxylic acid groups (broad SMARTS) is 1. The van der Waals surface area contributed by atoms with Gasteiger partial charge in [0, 0.05) is 6.61 Å². The largest absolute Gasteiger partial charge is 0.497 e. The Labute approximate surface area is 118 Å². The first-order chi connectivity index (χ1) is 9.49. The fraction of sp³-hybridized carbons (Fsp3) is 0.533. The second-order valence-electron chi connectivity index (χ2n) is 5.22. The lowest BCUT2D eigenvalue weighted by Gasteiger charge is -2.29. The molecule has 1 saturated heterocycles. The first-order valence-electron chi connectivity index (χ1n) is 6.66. The van der Waals surface area contributed by atoms with E-state index in [4.69, 9.17) is 9.47 Å². The number of rotatable bonds is 5. The van der Waals surface area contributed by atoms with E-state index >= 15 is 0 Å². The SMILES string of the molecule is COc1cccc(C(O)CC2(C(=O)O)CCOC2C)c1. The predicted octanol–water partition coefficient (Wildman–Crippen LogP) is 2.00. The summed E-state index contributed by atoms with van der Waals surface area (Å²) in [6, 6.07) is 7.05. The van der Waals surface area contributed by atoms with Gasteiger partial charge in [-0.05, 0) is 37.5 Å². The molecule has 0 saturated carbocycles. The summed E-state index contributed by atoms with van der Waals surface area (Å²) in [5.74, 6) is -0.272. The normalized spacial score (nSPS) is 27.2. The van der Waals surface area contributed by atoms with Gasteiger partial charge in [0.2, 0.25) is 0 Å². The summed E-state index contributed by atoms with van der Waals surface area (Å²) in [6.45, 7) is 2.16. The van der Waals surface area contributed by atoms with Crippen LogP contribution < -0.4 is 4.74 Å². The lowest BCUT2D eigenvalue weighted by Crippen LogP contribution is -2.38. The molecule has 1 aliphatic rings. The van der Waals surface area contributed by atoms with Gasteiger partial charge in [-0.25, -0.2) is 0 Å². The van der Waals surface area contributed by atoms with Crippen LogP contribution in [0.2, 0.25) is 0 Å². The van der Waals surface area contributed by atoms with Crippen LogP contribution in [0.4, 0.5) is 0 Å². The highest BCUT2D eigenvalue weighted by molar-refractivity contribution is 5.76. The van der Waals surface area contributed by atoms with Gasteiger partial charge in [-0.1, -0.05) is 12.1 Å². The number of benzene rings is 1. The molecule has 0 amide bonds. The number of hydrogen-bond donors (Lipinski definition) is 2. The predicted molar refractivity (Wildman–Crippen MR) is 72.7 cm³/mol. The molecule has 20 heavy (non-hydrogen) atoms. The molecule has 1 aliphatic heterocycles. The first kappa shape index (κ1) is 14.8. The minimum atomic E-state index is -1.03. The van der Waals surface area contributed by atoms with Gasteiger partial charge in [0.1, 0.15) is 5.75 Å². The summed E-state index contributed by atoms with van der Waals surface area (Å²) in [7, 11) is 1.55. The third-order valence-corrected chi connectivity index (χ3v) is 4.16. The summed E-state index contributed by atoms with van der Waals surface area (Å²) in [5.41, 5.74) is -0.369. The zero-order valence-electron chi connectivity index (χ0n) is 11.7. The molecule has 3 atom stereocenters. The second kappa shape index (κ2) is 5.81. The number of ether oxygens (including phenoxy) is 2. The second-order valence-corrected chi connectivity index (χ2v) is 5.22. The Hall–Kier alpha value is -1.59. The van der Waals surface area contributed by atoms with E-state index in [1.165, 1.54) is 0 Å². The summed E-state index contributed by atoms with van der Waals surface area (Å²) < 4.78 is 10.5. The highest BCUT2D eigenvalue weighted by Gasteiger charge is 2.49. The average Bonchev–Trinajstić information content (AvgIpc) is 2.81. The summed E-state index contributed by atoms with van der Waals surface area (Å²) in [5, 5.41) is 19.9. The number of aliphatic hydroxyl groups excluding tert-OH is 1. The van der Waals surface area contributed by atoms with Gasteiger partial charge < -0.3 is 19.7 Å². The zero-order chi connectivity index (χ0) is 14.8. The first-order valence-corrected chi connectivity index (χ1v) is 6.66. The van der Waals surface area contributed by atoms with Gasteiger partial charge in [-0.2, -0.15) is 0 Å². The van der Waals surface area contributed by atoms with Crippen molar-refractivity contribution in [1.82, 2.24) is 0 Å². The van der Waals surface area contributed by atoms with Crippen LogP contribution in [0.3, 0.4) is 0 Å². The van der Waals surface area contributed by atoms with Crippen molar-refractivity contribution in [3.63, 3.8) is 0 Å². The van der Waals surface area contributed by atoms with E-state index in [0.29, 0.717) is 24.3 Å². The van der Waals surface area contributed by atoms with Gasteiger partial charge >= 0.3 is 5.97 Å². The van der Waals surface area contributed by atoms with E-state index in [1.54, 1.807) is 38.3 Å². The standard InChI is InChI=1S/C15H20O5/c1-10-15(14(17)18,6-7-20-10)9-13(16)11-4-3-5-12(8-11)19-2/h3-5,8,10,13,16H,6-7,9H2,1-2H3,(H,17,18).